The lowest BCUT2D eigenvalue weighted by Gasteiger charge is -2.04. The Morgan fingerprint density at radius 1 is 1.35 bits per heavy atom. The van der Waals surface area contributed by atoms with Crippen LogP contribution < -0.4 is 10.6 Å². The van der Waals surface area contributed by atoms with Crippen LogP contribution in [0.15, 0.2) is 41.3 Å². The number of anilines is 1. The van der Waals surface area contributed by atoms with Crippen molar-refractivity contribution in [3.63, 3.8) is 0 Å². The fourth-order valence-corrected chi connectivity index (χ4v) is 3.26. The van der Waals surface area contributed by atoms with Crippen LogP contribution in [0.25, 0.3) is 0 Å². The van der Waals surface area contributed by atoms with Crippen LogP contribution >= 0.6 is 23.1 Å². The Bertz CT molecular complexity index is 645. The number of carbonyl (C=O) groups is 1. The third kappa shape index (κ3) is 6.37. The van der Waals surface area contributed by atoms with E-state index in [2.05, 4.69) is 27.4 Å². The van der Waals surface area contributed by atoms with Crippen LogP contribution in [0.1, 0.15) is 5.56 Å². The minimum absolute atomic E-state index is 0.0621. The Morgan fingerprint density at radius 2 is 2.13 bits per heavy atom. The van der Waals surface area contributed by atoms with Gasteiger partial charge in [0.1, 0.15) is 5.82 Å². The molecule has 0 saturated carbocycles. The summed E-state index contributed by atoms with van der Waals surface area (Å²) in [6.07, 6.45) is 2.41. The number of benzene rings is 1. The molecule has 0 aliphatic rings. The zero-order valence-corrected chi connectivity index (χ0v) is 14.1. The molecule has 23 heavy (non-hydrogen) atoms. The Labute approximate surface area is 142 Å². The molecule has 2 rings (SSSR count). The number of carbonyl (C=O) groups excluding carboxylic acids is 1. The summed E-state index contributed by atoms with van der Waals surface area (Å²) in [7, 11) is 0. The van der Waals surface area contributed by atoms with E-state index >= 15 is 0 Å². The SMILES string of the molecule is C=CCNc1nnc(SCC(=O)NCCc2ccc(F)cc2)s1. The number of hydrogen-bond acceptors (Lipinski definition) is 6. The average Bonchev–Trinajstić information content (AvgIpc) is 3.01. The Kier molecular flexibility index (Phi) is 7.02. The number of thioether (sulfide) groups is 1. The lowest BCUT2D eigenvalue weighted by molar-refractivity contribution is -0.118. The van der Waals surface area contributed by atoms with Crippen LogP contribution in [-0.2, 0) is 11.2 Å². The third-order valence-corrected chi connectivity index (χ3v) is 4.79. The van der Waals surface area contributed by atoms with Crippen molar-refractivity contribution < 1.29 is 9.18 Å². The second-order valence-electron chi connectivity index (χ2n) is 4.56. The predicted octanol–water partition coefficient (Wildman–Crippen LogP) is 2.73. The Morgan fingerprint density at radius 3 is 2.87 bits per heavy atom. The number of aromatic nitrogens is 2. The first-order valence-corrected chi connectivity index (χ1v) is 8.80. The summed E-state index contributed by atoms with van der Waals surface area (Å²) < 4.78 is 13.5. The molecule has 0 fully saturated rings. The summed E-state index contributed by atoms with van der Waals surface area (Å²) in [6, 6.07) is 6.27. The van der Waals surface area contributed by atoms with E-state index < -0.39 is 0 Å². The number of nitrogens with one attached hydrogen (secondary N) is 2. The van der Waals surface area contributed by atoms with Crippen molar-refractivity contribution in [2.45, 2.75) is 10.8 Å². The standard InChI is InChI=1S/C15H17FN4OS2/c1-2-8-18-14-19-20-15(23-14)22-10-13(21)17-9-7-11-3-5-12(16)6-4-11/h2-6H,1,7-10H2,(H,17,21)(H,18,19). The van der Waals surface area contributed by atoms with E-state index in [9.17, 15) is 9.18 Å². The van der Waals surface area contributed by atoms with Crippen LogP contribution in [0.5, 0.6) is 0 Å². The molecule has 2 aromatic rings. The van der Waals surface area contributed by atoms with E-state index in [1.54, 1.807) is 18.2 Å². The smallest absolute Gasteiger partial charge is 0.230 e. The number of amides is 1. The number of hydrogen-bond donors (Lipinski definition) is 2. The maximum Gasteiger partial charge on any atom is 0.230 e. The highest BCUT2D eigenvalue weighted by molar-refractivity contribution is 8.01. The van der Waals surface area contributed by atoms with Crippen LogP contribution in [0.3, 0.4) is 0 Å². The van der Waals surface area contributed by atoms with Gasteiger partial charge in [-0.3, -0.25) is 4.79 Å². The van der Waals surface area contributed by atoms with Crippen LogP contribution in [0.4, 0.5) is 9.52 Å². The van der Waals surface area contributed by atoms with Crippen molar-refractivity contribution in [3.8, 4) is 0 Å². The van der Waals surface area contributed by atoms with E-state index in [0.29, 0.717) is 30.4 Å². The first-order valence-electron chi connectivity index (χ1n) is 6.99. The van der Waals surface area contributed by atoms with Crippen molar-refractivity contribution >= 4 is 34.1 Å². The lowest BCUT2D eigenvalue weighted by Crippen LogP contribution is -2.27. The highest BCUT2D eigenvalue weighted by atomic mass is 32.2. The first kappa shape index (κ1) is 17.4. The molecular weight excluding hydrogens is 335 g/mol. The molecule has 1 aromatic carbocycles. The molecule has 8 heteroatoms. The molecule has 0 saturated heterocycles. The normalized spacial score (nSPS) is 10.3. The zero-order valence-electron chi connectivity index (χ0n) is 12.4. The van der Waals surface area contributed by atoms with Gasteiger partial charge in [-0.15, -0.1) is 16.8 Å². The molecule has 0 radical (unpaired) electrons. The summed E-state index contributed by atoms with van der Waals surface area (Å²) in [6.45, 7) is 4.76. The molecule has 1 aromatic heterocycles. The van der Waals surface area contributed by atoms with Gasteiger partial charge >= 0.3 is 0 Å². The summed E-state index contributed by atoms with van der Waals surface area (Å²) >= 11 is 2.75. The van der Waals surface area contributed by atoms with Gasteiger partial charge in [0.05, 0.1) is 5.75 Å². The van der Waals surface area contributed by atoms with E-state index in [4.69, 9.17) is 0 Å². The van der Waals surface area contributed by atoms with Crippen molar-refractivity contribution in [2.75, 3.05) is 24.2 Å². The quantitative estimate of drug-likeness (QED) is 0.537. The number of halogens is 1. The highest BCUT2D eigenvalue weighted by Gasteiger charge is 2.07. The van der Waals surface area contributed by atoms with Gasteiger partial charge in [-0.05, 0) is 24.1 Å². The number of nitrogens with zero attached hydrogens (tertiary/aromatic N) is 2. The summed E-state index contributed by atoms with van der Waals surface area (Å²) in [5.41, 5.74) is 0.987. The van der Waals surface area contributed by atoms with Gasteiger partial charge in [-0.1, -0.05) is 41.3 Å². The Hall–Kier alpha value is -1.93. The molecular formula is C15H17FN4OS2. The van der Waals surface area contributed by atoms with Gasteiger partial charge in [0.2, 0.25) is 11.0 Å². The maximum atomic E-state index is 12.8. The monoisotopic (exact) mass is 352 g/mol. The molecule has 0 aliphatic carbocycles. The molecule has 0 aliphatic heterocycles. The van der Waals surface area contributed by atoms with Crippen LogP contribution in [-0.4, -0.2) is 34.9 Å². The summed E-state index contributed by atoms with van der Waals surface area (Å²) in [5, 5.41) is 14.6. The van der Waals surface area contributed by atoms with Gasteiger partial charge < -0.3 is 10.6 Å². The lowest BCUT2D eigenvalue weighted by atomic mass is 10.1. The largest absolute Gasteiger partial charge is 0.357 e. The molecule has 0 spiro atoms. The third-order valence-electron chi connectivity index (χ3n) is 2.78. The van der Waals surface area contributed by atoms with Crippen molar-refractivity contribution in [1.29, 1.82) is 0 Å². The second kappa shape index (κ2) is 9.26. The van der Waals surface area contributed by atoms with Gasteiger partial charge in [-0.2, -0.15) is 0 Å². The molecule has 1 amide bonds. The van der Waals surface area contributed by atoms with E-state index in [1.807, 2.05) is 0 Å². The van der Waals surface area contributed by atoms with Gasteiger partial charge in [0, 0.05) is 13.1 Å². The summed E-state index contributed by atoms with van der Waals surface area (Å²) in [4.78, 5) is 11.8. The minimum atomic E-state index is -0.256. The van der Waals surface area contributed by atoms with Gasteiger partial charge in [0.15, 0.2) is 4.34 Å². The van der Waals surface area contributed by atoms with Crippen molar-refractivity contribution in [3.05, 3.63) is 48.3 Å². The van der Waals surface area contributed by atoms with Gasteiger partial charge in [-0.25, -0.2) is 4.39 Å². The first-order chi connectivity index (χ1) is 11.2. The fraction of sp³-hybridized carbons (Fsp3) is 0.267. The minimum Gasteiger partial charge on any atom is -0.357 e. The van der Waals surface area contributed by atoms with E-state index in [1.165, 1.54) is 35.2 Å². The molecule has 0 bridgehead atoms. The van der Waals surface area contributed by atoms with Gasteiger partial charge in [0.25, 0.3) is 0 Å². The molecule has 2 N–H and O–H groups in total. The van der Waals surface area contributed by atoms with E-state index in [0.717, 1.165) is 9.90 Å². The molecule has 1 heterocycles. The van der Waals surface area contributed by atoms with E-state index in [-0.39, 0.29) is 11.7 Å². The zero-order chi connectivity index (χ0) is 16.5. The molecule has 0 unspecified atom stereocenters. The van der Waals surface area contributed by atoms with Crippen molar-refractivity contribution in [1.82, 2.24) is 15.5 Å². The second-order valence-corrected chi connectivity index (χ2v) is 6.76. The predicted molar refractivity (Wildman–Crippen MR) is 92.4 cm³/mol. The van der Waals surface area contributed by atoms with Crippen LogP contribution in [0.2, 0.25) is 0 Å². The Balaban J connectivity index is 1.65. The molecule has 122 valence electrons. The molecule has 0 atom stereocenters. The average molecular weight is 352 g/mol. The number of rotatable bonds is 9. The van der Waals surface area contributed by atoms with Crippen LogP contribution in [0, 0.1) is 5.82 Å². The topological polar surface area (TPSA) is 66.9 Å². The summed E-state index contributed by atoms with van der Waals surface area (Å²) in [5.74, 6) is -0.0272. The highest BCUT2D eigenvalue weighted by Crippen LogP contribution is 2.24. The molecule has 5 nitrogen and oxygen atoms in total. The fourth-order valence-electron chi connectivity index (χ4n) is 1.67. The van der Waals surface area contributed by atoms with Crippen molar-refractivity contribution in [2.24, 2.45) is 0 Å². The maximum absolute atomic E-state index is 12.8.